The molecule has 0 aliphatic carbocycles. The minimum Gasteiger partial charge on any atom is -0.465 e. The van der Waals surface area contributed by atoms with Crippen molar-refractivity contribution in [2.45, 2.75) is 32.7 Å². The molecule has 8 nitrogen and oxygen atoms in total. The summed E-state index contributed by atoms with van der Waals surface area (Å²) in [5.74, 6) is -0.430. The third-order valence-corrected chi connectivity index (χ3v) is 5.90. The first-order valence-corrected chi connectivity index (χ1v) is 11.4. The van der Waals surface area contributed by atoms with Crippen LogP contribution in [0.25, 0.3) is 22.5 Å². The van der Waals surface area contributed by atoms with E-state index in [9.17, 15) is 9.59 Å². The molecule has 0 spiro atoms. The molecule has 0 bridgehead atoms. The monoisotopic (exact) mass is 475 g/mol. The molecule has 0 atom stereocenters. The quantitative estimate of drug-likeness (QED) is 0.358. The number of aryl methyl sites for hydroxylation is 2. The van der Waals surface area contributed by atoms with E-state index in [0.717, 1.165) is 24.0 Å². The number of halogens is 1. The van der Waals surface area contributed by atoms with Crippen LogP contribution in [0.3, 0.4) is 0 Å². The van der Waals surface area contributed by atoms with Crippen LogP contribution in [0.15, 0.2) is 59.4 Å². The van der Waals surface area contributed by atoms with Crippen molar-refractivity contribution in [1.82, 2.24) is 24.8 Å². The second-order valence-corrected chi connectivity index (χ2v) is 8.23. The Hall–Kier alpha value is -4.14. The molecule has 0 saturated heterocycles. The molecule has 0 fully saturated rings. The molecule has 0 unspecified atom stereocenters. The summed E-state index contributed by atoms with van der Waals surface area (Å²) in [6.45, 7) is 2.10. The van der Waals surface area contributed by atoms with E-state index in [-0.39, 0.29) is 17.7 Å². The first-order chi connectivity index (χ1) is 16.9. The second-order valence-electron chi connectivity index (χ2n) is 8.23. The molecule has 0 saturated carbocycles. The number of esters is 1. The zero-order chi connectivity index (χ0) is 24.9. The highest BCUT2D eigenvalue weighted by atomic mass is 19.1. The molecule has 35 heavy (non-hydrogen) atoms. The highest BCUT2D eigenvalue weighted by Gasteiger charge is 2.16. The van der Waals surface area contributed by atoms with E-state index in [4.69, 9.17) is 4.74 Å². The number of hydrogen-bond acceptors (Lipinski definition) is 6. The third kappa shape index (κ3) is 5.03. The van der Waals surface area contributed by atoms with Gasteiger partial charge in [0.1, 0.15) is 5.82 Å². The van der Waals surface area contributed by atoms with E-state index < -0.39 is 11.8 Å². The van der Waals surface area contributed by atoms with Crippen molar-refractivity contribution in [3.63, 3.8) is 0 Å². The first-order valence-electron chi connectivity index (χ1n) is 11.4. The lowest BCUT2D eigenvalue weighted by Gasteiger charge is -2.15. The van der Waals surface area contributed by atoms with E-state index in [1.807, 2.05) is 37.3 Å². The Bertz CT molecular complexity index is 1430. The molecule has 0 radical (unpaired) electrons. The van der Waals surface area contributed by atoms with Crippen molar-refractivity contribution in [2.75, 3.05) is 7.11 Å². The number of rotatable bonds is 8. The Morgan fingerprint density at radius 2 is 1.86 bits per heavy atom. The molecule has 9 heteroatoms. The predicted molar refractivity (Wildman–Crippen MR) is 129 cm³/mol. The van der Waals surface area contributed by atoms with Crippen molar-refractivity contribution in [1.29, 1.82) is 0 Å². The van der Waals surface area contributed by atoms with Crippen molar-refractivity contribution < 1.29 is 13.9 Å². The second kappa shape index (κ2) is 10.4. The summed E-state index contributed by atoms with van der Waals surface area (Å²) >= 11 is 0. The Morgan fingerprint density at radius 1 is 1.09 bits per heavy atom. The third-order valence-electron chi connectivity index (χ3n) is 5.90. The minimum atomic E-state index is -0.570. The molecule has 4 aromatic rings. The van der Waals surface area contributed by atoms with Gasteiger partial charge in [0, 0.05) is 29.9 Å². The topological polar surface area (TPSA) is 91.9 Å². The molecule has 0 N–H and O–H groups in total. The number of nitrogens with zero attached hydrogens (tertiary/aromatic N) is 5. The van der Waals surface area contributed by atoms with Crippen molar-refractivity contribution in [3.8, 4) is 22.5 Å². The number of benzene rings is 2. The maximum absolute atomic E-state index is 15.3. The molecule has 2 aromatic carbocycles. The number of tetrazole rings is 1. The number of hydrogen-bond donors (Lipinski definition) is 0. The van der Waals surface area contributed by atoms with Crippen LogP contribution in [0.1, 0.15) is 41.4 Å². The number of unbranched alkanes of at least 4 members (excludes halogenated alkanes) is 1. The van der Waals surface area contributed by atoms with Gasteiger partial charge in [-0.2, -0.15) is 0 Å². The van der Waals surface area contributed by atoms with E-state index in [2.05, 4.69) is 15.5 Å². The number of aromatic nitrogens is 5. The van der Waals surface area contributed by atoms with Gasteiger partial charge in [0.05, 0.1) is 19.2 Å². The van der Waals surface area contributed by atoms with Crippen molar-refractivity contribution >= 4 is 5.97 Å². The molecule has 2 heterocycles. The van der Waals surface area contributed by atoms with Crippen LogP contribution in [-0.4, -0.2) is 37.9 Å². The molecule has 0 aliphatic rings. The maximum atomic E-state index is 15.3. The summed E-state index contributed by atoms with van der Waals surface area (Å²) < 4.78 is 23.2. The largest absolute Gasteiger partial charge is 0.465 e. The summed E-state index contributed by atoms with van der Waals surface area (Å²) in [5.41, 5.74) is 3.11. The lowest BCUT2D eigenvalue weighted by molar-refractivity contribution is 0.0600. The lowest BCUT2D eigenvalue weighted by Crippen LogP contribution is -2.26. The number of carbonyl (C=O) groups excluding carboxylic acids is 1. The number of carbonyl (C=O) groups is 1. The average molecular weight is 476 g/mol. The molecule has 180 valence electrons. The SMILES string of the molecule is CCCCc1cc(C(=O)OC)cc(=O)n1Cc1ccc(-c2ccccc2-c2nnnn2C)cc1F. The lowest BCUT2D eigenvalue weighted by atomic mass is 9.97. The zero-order valence-corrected chi connectivity index (χ0v) is 19.9. The summed E-state index contributed by atoms with van der Waals surface area (Å²) in [5, 5.41) is 11.7. The first kappa shape index (κ1) is 24.0. The van der Waals surface area contributed by atoms with Crippen LogP contribution in [0, 0.1) is 5.82 Å². The van der Waals surface area contributed by atoms with Crippen LogP contribution in [0.5, 0.6) is 0 Å². The number of ether oxygens (including phenoxy) is 1. The van der Waals surface area contributed by atoms with E-state index in [1.165, 1.54) is 23.8 Å². The standard InChI is InChI=1S/C26H26FN5O3/c1-4-5-8-20-13-19(26(34)35-3)15-24(33)32(20)16-18-12-11-17(14-23(18)27)21-9-6-7-10-22(21)25-28-29-30-31(25)2/h6-7,9-15H,4-5,8,16H2,1-3H3. The highest BCUT2D eigenvalue weighted by Crippen LogP contribution is 2.31. The summed E-state index contributed by atoms with van der Waals surface area (Å²) in [6, 6.07) is 15.4. The zero-order valence-electron chi connectivity index (χ0n) is 19.9. The fourth-order valence-electron chi connectivity index (χ4n) is 4.03. The normalized spacial score (nSPS) is 11.0. The molecule has 2 aromatic heterocycles. The molecule has 4 rings (SSSR count). The highest BCUT2D eigenvalue weighted by molar-refractivity contribution is 5.89. The molecular weight excluding hydrogens is 449 g/mol. The molecule has 0 amide bonds. The average Bonchev–Trinajstić information content (AvgIpc) is 3.30. The van der Waals surface area contributed by atoms with Crippen molar-refractivity contribution in [2.24, 2.45) is 7.05 Å². The summed E-state index contributed by atoms with van der Waals surface area (Å²) in [4.78, 5) is 24.8. The Kier molecular flexibility index (Phi) is 7.14. The number of methoxy groups -OCH3 is 1. The van der Waals surface area contributed by atoms with Gasteiger partial charge in [-0.15, -0.1) is 5.10 Å². The van der Waals surface area contributed by atoms with Crippen LogP contribution >= 0.6 is 0 Å². The van der Waals surface area contributed by atoms with E-state index >= 15 is 4.39 Å². The molecule has 0 aliphatic heterocycles. The van der Waals surface area contributed by atoms with Gasteiger partial charge in [0.25, 0.3) is 5.56 Å². The van der Waals surface area contributed by atoms with Gasteiger partial charge in [-0.3, -0.25) is 4.79 Å². The van der Waals surface area contributed by atoms with Crippen LogP contribution in [0.2, 0.25) is 0 Å². The Balaban J connectivity index is 1.71. The van der Waals surface area contributed by atoms with E-state index in [1.54, 1.807) is 23.9 Å². The Labute approximate surface area is 202 Å². The summed E-state index contributed by atoms with van der Waals surface area (Å²) in [6.07, 6.45) is 2.34. The number of pyridine rings is 1. The van der Waals surface area contributed by atoms with Gasteiger partial charge in [0.2, 0.25) is 0 Å². The van der Waals surface area contributed by atoms with Gasteiger partial charge in [0.15, 0.2) is 5.82 Å². The van der Waals surface area contributed by atoms with Crippen molar-refractivity contribution in [3.05, 3.63) is 87.6 Å². The van der Waals surface area contributed by atoms with E-state index in [0.29, 0.717) is 29.1 Å². The van der Waals surface area contributed by atoms with Gasteiger partial charge >= 0.3 is 5.97 Å². The van der Waals surface area contributed by atoms with Crippen LogP contribution < -0.4 is 5.56 Å². The fraction of sp³-hybridized carbons (Fsp3) is 0.269. The van der Waals surface area contributed by atoms with Crippen LogP contribution in [0.4, 0.5) is 4.39 Å². The van der Waals surface area contributed by atoms with Gasteiger partial charge < -0.3 is 9.30 Å². The van der Waals surface area contributed by atoms with Crippen LogP contribution in [-0.2, 0) is 24.8 Å². The molecular formula is C26H26FN5O3. The van der Waals surface area contributed by atoms with Gasteiger partial charge in [-0.25, -0.2) is 13.9 Å². The van der Waals surface area contributed by atoms with Gasteiger partial charge in [-0.05, 0) is 46.5 Å². The fourth-order valence-corrected chi connectivity index (χ4v) is 4.03. The summed E-state index contributed by atoms with van der Waals surface area (Å²) in [7, 11) is 3.02. The smallest absolute Gasteiger partial charge is 0.338 e. The van der Waals surface area contributed by atoms with Gasteiger partial charge in [-0.1, -0.05) is 49.7 Å². The minimum absolute atomic E-state index is 0.0559. The predicted octanol–water partition coefficient (Wildman–Crippen LogP) is 4.02. The Morgan fingerprint density at radius 3 is 2.51 bits per heavy atom. The maximum Gasteiger partial charge on any atom is 0.338 e.